The molecule has 0 rings (SSSR count). The minimum Gasteiger partial charge on any atom is -0.396 e. The van der Waals surface area contributed by atoms with Gasteiger partial charge in [0.1, 0.15) is 6.61 Å². The standard InChI is InChI=1S/C10H21NO/c1-6-7-12-11-9(2)8-10(3,4)5/h6-8H2,1-5H3. The van der Waals surface area contributed by atoms with Gasteiger partial charge in [0, 0.05) is 0 Å². The predicted molar refractivity (Wildman–Crippen MR) is 53.4 cm³/mol. The Morgan fingerprint density at radius 2 is 1.92 bits per heavy atom. The lowest BCUT2D eigenvalue weighted by Crippen LogP contribution is -2.10. The van der Waals surface area contributed by atoms with Gasteiger partial charge < -0.3 is 4.84 Å². The second-order valence-corrected chi connectivity index (χ2v) is 4.40. The Hall–Kier alpha value is -0.530. The number of nitrogens with zero attached hydrogens (tertiary/aromatic N) is 1. The first kappa shape index (κ1) is 11.5. The van der Waals surface area contributed by atoms with E-state index in [9.17, 15) is 0 Å². The van der Waals surface area contributed by atoms with Crippen molar-refractivity contribution in [1.29, 1.82) is 0 Å². The van der Waals surface area contributed by atoms with Gasteiger partial charge in [-0.2, -0.15) is 0 Å². The number of hydrogen-bond acceptors (Lipinski definition) is 2. The second-order valence-electron chi connectivity index (χ2n) is 4.40. The Balaban J connectivity index is 3.70. The van der Waals surface area contributed by atoms with E-state index in [0.717, 1.165) is 25.2 Å². The molecule has 0 radical (unpaired) electrons. The summed E-state index contributed by atoms with van der Waals surface area (Å²) in [5.74, 6) is 0. The van der Waals surface area contributed by atoms with Gasteiger partial charge in [0.25, 0.3) is 0 Å². The van der Waals surface area contributed by atoms with E-state index in [1.807, 2.05) is 6.92 Å². The van der Waals surface area contributed by atoms with Gasteiger partial charge >= 0.3 is 0 Å². The van der Waals surface area contributed by atoms with E-state index in [1.165, 1.54) is 0 Å². The topological polar surface area (TPSA) is 21.6 Å². The summed E-state index contributed by atoms with van der Waals surface area (Å²) in [6.07, 6.45) is 2.02. The highest BCUT2D eigenvalue weighted by atomic mass is 16.6. The van der Waals surface area contributed by atoms with Gasteiger partial charge in [-0.1, -0.05) is 32.9 Å². The molecule has 0 aromatic carbocycles. The predicted octanol–water partition coefficient (Wildman–Crippen LogP) is 3.23. The molecule has 0 unspecified atom stereocenters. The highest BCUT2D eigenvalue weighted by Gasteiger charge is 2.11. The van der Waals surface area contributed by atoms with Crippen LogP contribution >= 0.6 is 0 Å². The van der Waals surface area contributed by atoms with Gasteiger partial charge in [-0.25, -0.2) is 0 Å². The van der Waals surface area contributed by atoms with Gasteiger partial charge in [0.2, 0.25) is 0 Å². The second kappa shape index (κ2) is 5.18. The summed E-state index contributed by atoms with van der Waals surface area (Å²) in [4.78, 5) is 5.08. The summed E-state index contributed by atoms with van der Waals surface area (Å²) in [5, 5.41) is 4.02. The van der Waals surface area contributed by atoms with Crippen LogP contribution in [0.1, 0.15) is 47.5 Å². The lowest BCUT2D eigenvalue weighted by molar-refractivity contribution is 0.143. The molecule has 2 nitrogen and oxygen atoms in total. The minimum atomic E-state index is 0.309. The molecule has 0 atom stereocenters. The Bertz CT molecular complexity index is 144. The van der Waals surface area contributed by atoms with Crippen LogP contribution in [0.25, 0.3) is 0 Å². The maximum absolute atomic E-state index is 5.08. The largest absolute Gasteiger partial charge is 0.396 e. The van der Waals surface area contributed by atoms with E-state index in [4.69, 9.17) is 4.84 Å². The molecule has 0 heterocycles. The molecular weight excluding hydrogens is 150 g/mol. The molecule has 0 aromatic heterocycles. The van der Waals surface area contributed by atoms with Gasteiger partial charge in [0.15, 0.2) is 0 Å². The van der Waals surface area contributed by atoms with Gasteiger partial charge in [0.05, 0.1) is 5.71 Å². The van der Waals surface area contributed by atoms with Crippen molar-refractivity contribution in [3.05, 3.63) is 0 Å². The first-order valence-corrected chi connectivity index (χ1v) is 4.61. The van der Waals surface area contributed by atoms with Crippen LogP contribution in [0.5, 0.6) is 0 Å². The van der Waals surface area contributed by atoms with Crippen LogP contribution in [-0.2, 0) is 4.84 Å². The molecule has 0 aliphatic carbocycles. The van der Waals surface area contributed by atoms with Crippen LogP contribution in [0.4, 0.5) is 0 Å². The molecular formula is C10H21NO. The lowest BCUT2D eigenvalue weighted by Gasteiger charge is -2.16. The Labute approximate surface area is 76.0 Å². The normalized spacial score (nSPS) is 13.2. The van der Waals surface area contributed by atoms with Gasteiger partial charge in [-0.15, -0.1) is 0 Å². The lowest BCUT2D eigenvalue weighted by atomic mass is 9.90. The average Bonchev–Trinajstić information content (AvgIpc) is 1.84. The molecule has 0 bridgehead atoms. The van der Waals surface area contributed by atoms with E-state index in [2.05, 4.69) is 32.9 Å². The summed E-state index contributed by atoms with van der Waals surface area (Å²) >= 11 is 0. The zero-order valence-corrected chi connectivity index (χ0v) is 8.98. The van der Waals surface area contributed by atoms with Crippen molar-refractivity contribution in [3.8, 4) is 0 Å². The SMILES string of the molecule is CCCON=C(C)CC(C)(C)C. The average molecular weight is 171 g/mol. The third kappa shape index (κ3) is 7.58. The Morgan fingerprint density at radius 1 is 1.33 bits per heavy atom. The Morgan fingerprint density at radius 3 is 2.33 bits per heavy atom. The smallest absolute Gasteiger partial charge is 0.116 e. The molecule has 0 spiro atoms. The first-order chi connectivity index (χ1) is 5.45. The van der Waals surface area contributed by atoms with Crippen molar-refractivity contribution < 1.29 is 4.84 Å². The van der Waals surface area contributed by atoms with Gasteiger partial charge in [-0.3, -0.25) is 0 Å². The fourth-order valence-corrected chi connectivity index (χ4v) is 1.05. The van der Waals surface area contributed by atoms with Crippen LogP contribution < -0.4 is 0 Å². The van der Waals surface area contributed by atoms with Crippen molar-refractivity contribution in [2.75, 3.05) is 6.61 Å². The monoisotopic (exact) mass is 171 g/mol. The fraction of sp³-hybridized carbons (Fsp3) is 0.900. The Kier molecular flexibility index (Phi) is 4.95. The maximum atomic E-state index is 5.08. The van der Waals surface area contributed by atoms with Crippen molar-refractivity contribution in [2.45, 2.75) is 47.5 Å². The summed E-state index contributed by atoms with van der Waals surface area (Å²) in [7, 11) is 0. The van der Waals surface area contributed by atoms with Crippen LogP contribution in [0.15, 0.2) is 5.16 Å². The van der Waals surface area contributed by atoms with Crippen LogP contribution in [-0.4, -0.2) is 12.3 Å². The van der Waals surface area contributed by atoms with Crippen LogP contribution in [0.3, 0.4) is 0 Å². The third-order valence-corrected chi connectivity index (χ3v) is 1.30. The van der Waals surface area contributed by atoms with E-state index in [-0.39, 0.29) is 0 Å². The quantitative estimate of drug-likeness (QED) is 0.361. The van der Waals surface area contributed by atoms with Crippen molar-refractivity contribution in [1.82, 2.24) is 0 Å². The fourth-order valence-electron chi connectivity index (χ4n) is 1.05. The molecule has 72 valence electrons. The molecule has 0 aliphatic heterocycles. The molecule has 0 saturated heterocycles. The van der Waals surface area contributed by atoms with E-state index < -0.39 is 0 Å². The van der Waals surface area contributed by atoms with Crippen LogP contribution in [0, 0.1) is 5.41 Å². The molecule has 0 N–H and O–H groups in total. The zero-order valence-electron chi connectivity index (χ0n) is 8.98. The molecule has 0 saturated carbocycles. The molecule has 2 heteroatoms. The number of oxime groups is 1. The molecule has 0 aliphatic rings. The maximum Gasteiger partial charge on any atom is 0.116 e. The third-order valence-electron chi connectivity index (χ3n) is 1.30. The minimum absolute atomic E-state index is 0.309. The molecule has 12 heavy (non-hydrogen) atoms. The summed E-state index contributed by atoms with van der Waals surface area (Å²) in [6.45, 7) is 11.4. The van der Waals surface area contributed by atoms with E-state index in [0.29, 0.717) is 5.41 Å². The number of rotatable bonds is 4. The van der Waals surface area contributed by atoms with E-state index >= 15 is 0 Å². The van der Waals surface area contributed by atoms with E-state index in [1.54, 1.807) is 0 Å². The van der Waals surface area contributed by atoms with Crippen molar-refractivity contribution in [3.63, 3.8) is 0 Å². The van der Waals surface area contributed by atoms with Gasteiger partial charge in [-0.05, 0) is 25.2 Å². The molecule has 0 amide bonds. The van der Waals surface area contributed by atoms with Crippen molar-refractivity contribution >= 4 is 5.71 Å². The highest BCUT2D eigenvalue weighted by molar-refractivity contribution is 5.81. The highest BCUT2D eigenvalue weighted by Crippen LogP contribution is 2.18. The zero-order chi connectivity index (χ0) is 9.61. The van der Waals surface area contributed by atoms with Crippen LogP contribution in [0.2, 0.25) is 0 Å². The number of hydrogen-bond donors (Lipinski definition) is 0. The van der Waals surface area contributed by atoms with Crippen molar-refractivity contribution in [2.24, 2.45) is 10.6 Å². The summed E-state index contributed by atoms with van der Waals surface area (Å²) < 4.78 is 0. The summed E-state index contributed by atoms with van der Waals surface area (Å²) in [6, 6.07) is 0. The molecule has 0 aromatic rings. The molecule has 0 fully saturated rings. The first-order valence-electron chi connectivity index (χ1n) is 4.61. The summed E-state index contributed by atoms with van der Waals surface area (Å²) in [5.41, 5.74) is 1.39.